The van der Waals surface area contributed by atoms with Crippen LogP contribution in [-0.2, 0) is 21.2 Å². The Morgan fingerprint density at radius 2 is 1.69 bits per heavy atom. The second-order valence-electron chi connectivity index (χ2n) is 5.95. The van der Waals surface area contributed by atoms with Crippen LogP contribution in [0.15, 0.2) is 57.9 Å². The Morgan fingerprint density at radius 1 is 1.04 bits per heavy atom. The molecule has 2 N–H and O–H groups in total. The molecule has 140 valence electrons. The molecule has 0 bridgehead atoms. The van der Waals surface area contributed by atoms with Crippen LogP contribution in [0.25, 0.3) is 0 Å². The lowest BCUT2D eigenvalue weighted by Crippen LogP contribution is -2.27. The third kappa shape index (κ3) is 6.55. The van der Waals surface area contributed by atoms with Gasteiger partial charge in [-0.25, -0.2) is 13.1 Å². The average molecular weight is 439 g/mol. The Balaban J connectivity index is 1.80. The van der Waals surface area contributed by atoms with Gasteiger partial charge < -0.3 is 5.32 Å². The van der Waals surface area contributed by atoms with Gasteiger partial charge >= 0.3 is 0 Å². The van der Waals surface area contributed by atoms with Crippen LogP contribution >= 0.6 is 15.9 Å². The van der Waals surface area contributed by atoms with E-state index in [4.69, 9.17) is 0 Å². The molecule has 0 aromatic heterocycles. The highest BCUT2D eigenvalue weighted by atomic mass is 79.9. The fraction of sp³-hybridized carbons (Fsp3) is 0.316. The van der Waals surface area contributed by atoms with E-state index in [1.165, 1.54) is 17.7 Å². The number of carbonyl (C=O) groups excluding carboxylic acids is 1. The van der Waals surface area contributed by atoms with Gasteiger partial charge in [-0.3, -0.25) is 4.79 Å². The molecule has 5 nitrogen and oxygen atoms in total. The molecule has 0 heterocycles. The van der Waals surface area contributed by atoms with Crippen LogP contribution in [0, 0.1) is 0 Å². The van der Waals surface area contributed by atoms with Gasteiger partial charge in [0, 0.05) is 23.1 Å². The maximum Gasteiger partial charge on any atom is 0.240 e. The van der Waals surface area contributed by atoms with E-state index in [0.29, 0.717) is 5.69 Å². The van der Waals surface area contributed by atoms with E-state index >= 15 is 0 Å². The van der Waals surface area contributed by atoms with Gasteiger partial charge in [-0.1, -0.05) is 41.4 Å². The van der Waals surface area contributed by atoms with Crippen molar-refractivity contribution in [3.63, 3.8) is 0 Å². The minimum absolute atomic E-state index is 0.0405. The topological polar surface area (TPSA) is 75.3 Å². The summed E-state index contributed by atoms with van der Waals surface area (Å²) in [7, 11) is -3.61. The maximum absolute atomic E-state index is 12.1. The molecule has 0 saturated heterocycles. The number of halogens is 1. The fourth-order valence-corrected chi connectivity index (χ4v) is 3.65. The summed E-state index contributed by atoms with van der Waals surface area (Å²) in [6.07, 6.45) is 3.38. The van der Waals surface area contributed by atoms with Crippen molar-refractivity contribution in [2.45, 2.75) is 37.5 Å². The molecule has 0 spiro atoms. The van der Waals surface area contributed by atoms with Gasteiger partial charge in [-0.2, -0.15) is 0 Å². The van der Waals surface area contributed by atoms with E-state index in [1.54, 1.807) is 12.1 Å². The van der Waals surface area contributed by atoms with E-state index < -0.39 is 10.0 Å². The minimum Gasteiger partial charge on any atom is -0.326 e. The summed E-state index contributed by atoms with van der Waals surface area (Å²) >= 11 is 3.26. The lowest BCUT2D eigenvalue weighted by molar-refractivity contribution is -0.116. The van der Waals surface area contributed by atoms with Gasteiger partial charge in [0.05, 0.1) is 4.90 Å². The Labute approximate surface area is 163 Å². The Hall–Kier alpha value is -1.70. The van der Waals surface area contributed by atoms with Gasteiger partial charge in [-0.05, 0) is 54.8 Å². The van der Waals surface area contributed by atoms with Crippen molar-refractivity contribution in [3.05, 3.63) is 58.6 Å². The SMILES string of the molecule is CCCCc1ccc(NC(=O)CCNS(=O)(=O)c2ccc(Br)cc2)cc1. The van der Waals surface area contributed by atoms with Crippen molar-refractivity contribution in [1.82, 2.24) is 4.72 Å². The van der Waals surface area contributed by atoms with Gasteiger partial charge in [0.15, 0.2) is 0 Å². The van der Waals surface area contributed by atoms with Crippen LogP contribution in [0.3, 0.4) is 0 Å². The predicted octanol–water partition coefficient (Wildman–Crippen LogP) is 4.10. The summed E-state index contributed by atoms with van der Waals surface area (Å²) in [5, 5.41) is 2.78. The summed E-state index contributed by atoms with van der Waals surface area (Å²) in [5.41, 5.74) is 1.96. The summed E-state index contributed by atoms with van der Waals surface area (Å²) < 4.78 is 27.5. The number of unbranched alkanes of at least 4 members (excludes halogenated alkanes) is 1. The zero-order valence-corrected chi connectivity index (χ0v) is 17.1. The first kappa shape index (κ1) is 20.6. The third-order valence-electron chi connectivity index (χ3n) is 3.82. The molecule has 1 amide bonds. The Bertz CT molecular complexity index is 819. The molecule has 0 aliphatic rings. The highest BCUT2D eigenvalue weighted by Crippen LogP contribution is 2.15. The molecule has 0 aliphatic heterocycles. The molecule has 7 heteroatoms. The molecular weight excluding hydrogens is 416 g/mol. The molecule has 2 aromatic carbocycles. The molecule has 0 unspecified atom stereocenters. The van der Waals surface area contributed by atoms with E-state index in [-0.39, 0.29) is 23.8 Å². The number of hydrogen-bond donors (Lipinski definition) is 2. The molecule has 0 atom stereocenters. The number of sulfonamides is 1. The number of aryl methyl sites for hydroxylation is 1. The van der Waals surface area contributed by atoms with Gasteiger partial charge in [-0.15, -0.1) is 0 Å². The standard InChI is InChI=1S/C19H23BrN2O3S/c1-2-3-4-15-5-9-17(10-6-15)22-19(23)13-14-21-26(24,25)18-11-7-16(20)8-12-18/h5-12,21H,2-4,13-14H2,1H3,(H,22,23). The molecule has 0 fully saturated rings. The second-order valence-corrected chi connectivity index (χ2v) is 8.63. The summed E-state index contributed by atoms with van der Waals surface area (Å²) in [5.74, 6) is -0.232. The van der Waals surface area contributed by atoms with Crippen molar-refractivity contribution >= 4 is 37.5 Å². The Kier molecular flexibility index (Phi) is 7.81. The summed E-state index contributed by atoms with van der Waals surface area (Å²) in [4.78, 5) is 12.2. The van der Waals surface area contributed by atoms with Crippen molar-refractivity contribution < 1.29 is 13.2 Å². The van der Waals surface area contributed by atoms with Gasteiger partial charge in [0.2, 0.25) is 15.9 Å². The molecule has 2 aromatic rings. The number of anilines is 1. The summed E-state index contributed by atoms with van der Waals surface area (Å²) in [6.45, 7) is 2.19. The van der Waals surface area contributed by atoms with Crippen molar-refractivity contribution in [2.24, 2.45) is 0 Å². The minimum atomic E-state index is -3.61. The lowest BCUT2D eigenvalue weighted by Gasteiger charge is -2.08. The molecule has 0 radical (unpaired) electrons. The smallest absolute Gasteiger partial charge is 0.240 e. The van der Waals surface area contributed by atoms with Crippen LogP contribution < -0.4 is 10.0 Å². The number of rotatable bonds is 9. The van der Waals surface area contributed by atoms with Crippen LogP contribution in [0.1, 0.15) is 31.7 Å². The monoisotopic (exact) mass is 438 g/mol. The van der Waals surface area contributed by atoms with Crippen LogP contribution in [0.5, 0.6) is 0 Å². The van der Waals surface area contributed by atoms with Gasteiger partial charge in [0.1, 0.15) is 0 Å². The third-order valence-corrected chi connectivity index (χ3v) is 5.83. The lowest BCUT2D eigenvalue weighted by atomic mass is 10.1. The van der Waals surface area contributed by atoms with E-state index in [0.717, 1.165) is 23.7 Å². The van der Waals surface area contributed by atoms with Crippen molar-refractivity contribution in [2.75, 3.05) is 11.9 Å². The fourth-order valence-electron chi connectivity index (χ4n) is 2.36. The highest BCUT2D eigenvalue weighted by Gasteiger charge is 2.14. The predicted molar refractivity (Wildman–Crippen MR) is 108 cm³/mol. The maximum atomic E-state index is 12.1. The molecular formula is C19H23BrN2O3S. The largest absolute Gasteiger partial charge is 0.326 e. The molecule has 26 heavy (non-hydrogen) atoms. The Morgan fingerprint density at radius 3 is 2.31 bits per heavy atom. The first-order valence-corrected chi connectivity index (χ1v) is 10.8. The van der Waals surface area contributed by atoms with Crippen molar-refractivity contribution in [3.8, 4) is 0 Å². The van der Waals surface area contributed by atoms with Crippen LogP contribution in [0.2, 0.25) is 0 Å². The van der Waals surface area contributed by atoms with Crippen molar-refractivity contribution in [1.29, 1.82) is 0 Å². The number of nitrogens with one attached hydrogen (secondary N) is 2. The number of carbonyl (C=O) groups is 1. The normalized spacial score (nSPS) is 11.3. The average Bonchev–Trinajstić information content (AvgIpc) is 2.61. The molecule has 0 aliphatic carbocycles. The van der Waals surface area contributed by atoms with E-state index in [9.17, 15) is 13.2 Å². The first-order valence-electron chi connectivity index (χ1n) is 8.55. The zero-order valence-electron chi connectivity index (χ0n) is 14.7. The molecule has 0 saturated carbocycles. The molecule has 2 rings (SSSR count). The van der Waals surface area contributed by atoms with E-state index in [1.807, 2.05) is 24.3 Å². The van der Waals surface area contributed by atoms with Crippen LogP contribution in [0.4, 0.5) is 5.69 Å². The highest BCUT2D eigenvalue weighted by molar-refractivity contribution is 9.10. The number of amides is 1. The van der Waals surface area contributed by atoms with Gasteiger partial charge in [0.25, 0.3) is 0 Å². The number of hydrogen-bond acceptors (Lipinski definition) is 3. The number of benzene rings is 2. The van der Waals surface area contributed by atoms with Crippen LogP contribution in [-0.4, -0.2) is 20.9 Å². The summed E-state index contributed by atoms with van der Waals surface area (Å²) in [6, 6.07) is 14.1. The zero-order chi connectivity index (χ0) is 19.0. The first-order chi connectivity index (χ1) is 12.4. The van der Waals surface area contributed by atoms with E-state index in [2.05, 4.69) is 32.9 Å². The second kappa shape index (κ2) is 9.85. The quantitative estimate of drug-likeness (QED) is 0.618.